The first kappa shape index (κ1) is 71.7. The predicted molar refractivity (Wildman–Crippen MR) is 414 cm³/mol. The molecule has 0 spiro atoms. The number of aromatic nitrogens is 7. The van der Waals surface area contributed by atoms with Gasteiger partial charge in [-0.15, -0.1) is 32.9 Å². The quantitative estimate of drug-likeness (QED) is 0.0990. The average molecular weight is 1410 g/mol. The highest BCUT2D eigenvalue weighted by atomic mass is 32.1. The molecule has 0 radical (unpaired) electrons. The van der Waals surface area contributed by atoms with Crippen LogP contribution in [-0.2, 0) is 21.4 Å². The number of carbonyl (C=O) groups excluding carboxylic acids is 3. The van der Waals surface area contributed by atoms with Crippen LogP contribution in [0.25, 0.3) is 37.7 Å². The van der Waals surface area contributed by atoms with E-state index < -0.39 is 18.1 Å². The van der Waals surface area contributed by atoms with Crippen LogP contribution in [-0.4, -0.2) is 76.3 Å². The molecule has 3 amide bonds. The number of nitrogens with one attached hydrogen (secondary N) is 3. The molecule has 3 atom stereocenters. The van der Waals surface area contributed by atoms with Gasteiger partial charge in [0.1, 0.15) is 29.0 Å². The smallest absolute Gasteiger partial charge is 0.227 e. The van der Waals surface area contributed by atoms with Crippen molar-refractivity contribution in [1.29, 1.82) is 0 Å². The van der Waals surface area contributed by atoms with Crippen molar-refractivity contribution in [3.63, 3.8) is 0 Å². The van der Waals surface area contributed by atoms with Gasteiger partial charge in [0.25, 0.3) is 0 Å². The number of aryl methyl sites for hydroxylation is 11. The maximum Gasteiger partial charge on any atom is 0.227 e. The topological polar surface area (TPSA) is 225 Å². The summed E-state index contributed by atoms with van der Waals surface area (Å²) in [6.07, 6.45) is 4.38. The number of fused-ring (bicyclic) bond motifs is 9. The minimum absolute atomic E-state index is 0. The van der Waals surface area contributed by atoms with E-state index in [2.05, 4.69) is 186 Å². The molecule has 15 rings (SSSR count). The molecule has 0 aliphatic carbocycles. The van der Waals surface area contributed by atoms with Crippen LogP contribution < -0.4 is 16.0 Å². The number of aliphatic imine (C=N–C) groups is 3. The van der Waals surface area contributed by atoms with Crippen LogP contribution in [0.2, 0.25) is 0 Å². The summed E-state index contributed by atoms with van der Waals surface area (Å²) in [5.74, 6) is 2.48. The first-order valence-corrected chi connectivity index (χ1v) is 35.8. The summed E-state index contributed by atoms with van der Waals surface area (Å²) in [6.45, 7) is 27.1. The molecular formula is C83H85N13O5S2. The standard InChI is InChI=1S/C28H27N3O2S.C27H27N5O2.C27H27N5OS.CH4/c1-15-6-10-20(11-7-15)26-24-17(3)19(5)34-28(24)25-18(4)31-33-27(25)22(30-26)14-23(32)29-21-12-8-16(2)9-13-21;1-5-28-24(33)13-23-27-25(17(3)31-34-27)21-11-10-19(20-14-29-32(4)15-20)12-22(21)26(30-23)18-8-6-16(2)7-9-18;1-15-6-10-20(11-7-15)25-24-17(3)18(4)34-27(24)32-19(5)30-31-26(32)22(29-25)14-23(33)28-21-12-8-16(2)9-13-21;/h6-13,22H,14H2,1-5H3,(H,29,32);6-12,14-15,23H,5,13H2,1-4H3,(H,28,33);6-13,22H,14H2,1-5H3,(H,28,33);1H4/t22-;23-;22-;/m000./s1. The minimum atomic E-state index is -0.478. The Morgan fingerprint density at radius 1 is 0.476 bits per heavy atom. The zero-order valence-electron chi connectivity index (χ0n) is 59.8. The van der Waals surface area contributed by atoms with Gasteiger partial charge in [0.05, 0.1) is 65.1 Å². The molecule has 9 heterocycles. The van der Waals surface area contributed by atoms with E-state index in [1.807, 2.05) is 110 Å². The molecule has 0 saturated heterocycles. The van der Waals surface area contributed by atoms with E-state index in [0.29, 0.717) is 23.9 Å². The van der Waals surface area contributed by atoms with E-state index >= 15 is 0 Å². The van der Waals surface area contributed by atoms with Gasteiger partial charge in [-0.3, -0.25) is 38.6 Å². The monoisotopic (exact) mass is 1410 g/mol. The summed E-state index contributed by atoms with van der Waals surface area (Å²) in [5, 5.41) is 31.6. The molecule has 18 nitrogen and oxygen atoms in total. The largest absolute Gasteiger partial charge is 0.358 e. The number of hydrogen-bond acceptors (Lipinski definition) is 15. The minimum Gasteiger partial charge on any atom is -0.358 e. The molecule has 0 fully saturated rings. The van der Waals surface area contributed by atoms with Crippen LogP contribution in [0, 0.1) is 83.1 Å². The highest BCUT2D eigenvalue weighted by molar-refractivity contribution is 7.16. The Morgan fingerprint density at radius 2 is 0.922 bits per heavy atom. The summed E-state index contributed by atoms with van der Waals surface area (Å²) in [5.41, 5.74) is 25.2. The van der Waals surface area contributed by atoms with Crippen molar-refractivity contribution in [2.75, 3.05) is 17.2 Å². The molecule has 3 aliphatic heterocycles. The lowest BCUT2D eigenvalue weighted by Gasteiger charge is -2.13. The van der Waals surface area contributed by atoms with Crippen LogP contribution in [0.5, 0.6) is 0 Å². The average Bonchev–Trinajstić information content (AvgIpc) is 1.61. The molecule has 6 aromatic carbocycles. The van der Waals surface area contributed by atoms with Crippen LogP contribution >= 0.6 is 22.7 Å². The first-order valence-electron chi connectivity index (χ1n) is 34.2. The molecule has 0 saturated carbocycles. The van der Waals surface area contributed by atoms with Crippen LogP contribution in [0.15, 0.2) is 176 Å². The second kappa shape index (κ2) is 30.2. The number of carbonyl (C=O) groups is 3. The summed E-state index contributed by atoms with van der Waals surface area (Å²) in [7, 11) is 1.91. The van der Waals surface area contributed by atoms with E-state index in [0.717, 1.165) is 128 Å². The number of hydrogen-bond donors (Lipinski definition) is 3. The Bertz CT molecular complexity index is 5040. The maximum atomic E-state index is 13.1. The molecule has 3 aliphatic rings. The summed E-state index contributed by atoms with van der Waals surface area (Å²) < 4.78 is 15.5. The summed E-state index contributed by atoms with van der Waals surface area (Å²) >= 11 is 3.46. The fraction of sp³-hybridized carbons (Fsp3) is 0.265. The fourth-order valence-electron chi connectivity index (χ4n) is 13.1. The normalized spacial score (nSPS) is 14.6. The second-order valence-corrected chi connectivity index (χ2v) is 29.0. The predicted octanol–water partition coefficient (Wildman–Crippen LogP) is 18.1. The van der Waals surface area contributed by atoms with Gasteiger partial charge < -0.3 is 25.0 Å². The van der Waals surface area contributed by atoms with E-state index in [1.165, 1.54) is 37.6 Å². The number of nitrogens with zero attached hydrogens (tertiary/aromatic N) is 10. The third-order valence-corrected chi connectivity index (χ3v) is 21.2. The summed E-state index contributed by atoms with van der Waals surface area (Å²) in [6, 6.07) is 45.6. The van der Waals surface area contributed by atoms with E-state index in [9.17, 15) is 14.4 Å². The zero-order valence-corrected chi connectivity index (χ0v) is 61.5. The Labute approximate surface area is 609 Å². The van der Waals surface area contributed by atoms with Crippen LogP contribution in [0.4, 0.5) is 11.4 Å². The van der Waals surface area contributed by atoms with Crippen molar-refractivity contribution < 1.29 is 23.4 Å². The molecule has 103 heavy (non-hydrogen) atoms. The fourth-order valence-corrected chi connectivity index (χ4v) is 15.5. The van der Waals surface area contributed by atoms with Gasteiger partial charge in [-0.1, -0.05) is 155 Å². The Morgan fingerprint density at radius 3 is 1.46 bits per heavy atom. The molecule has 0 bridgehead atoms. The maximum absolute atomic E-state index is 13.1. The number of amides is 3. The van der Waals surface area contributed by atoms with E-state index in [4.69, 9.17) is 24.0 Å². The van der Waals surface area contributed by atoms with Gasteiger partial charge >= 0.3 is 0 Å². The lowest BCUT2D eigenvalue weighted by Crippen LogP contribution is -2.24. The van der Waals surface area contributed by atoms with E-state index in [-0.39, 0.29) is 44.4 Å². The molecule has 12 aromatic rings. The van der Waals surface area contributed by atoms with Gasteiger partial charge in [-0.25, -0.2) is 0 Å². The van der Waals surface area contributed by atoms with Gasteiger partial charge in [0.2, 0.25) is 17.7 Å². The molecule has 0 unspecified atom stereocenters. The third-order valence-electron chi connectivity index (χ3n) is 18.8. The van der Waals surface area contributed by atoms with Gasteiger partial charge in [-0.05, 0) is 143 Å². The molecule has 3 N–H and O–H groups in total. The van der Waals surface area contributed by atoms with Crippen LogP contribution in [0.3, 0.4) is 0 Å². The van der Waals surface area contributed by atoms with Crippen molar-refractivity contribution in [3.05, 3.63) is 269 Å². The number of rotatable bonds is 13. The molecule has 524 valence electrons. The molecule has 6 aromatic heterocycles. The Hall–Kier alpha value is -11.1. The third kappa shape index (κ3) is 15.0. The highest BCUT2D eigenvalue weighted by Gasteiger charge is 2.37. The number of anilines is 2. The van der Waals surface area contributed by atoms with Crippen molar-refractivity contribution in [3.8, 4) is 37.7 Å². The Balaban J connectivity index is 0.000000145. The van der Waals surface area contributed by atoms with Crippen LogP contribution in [0.1, 0.15) is 168 Å². The van der Waals surface area contributed by atoms with E-state index in [1.54, 1.807) is 27.4 Å². The lowest BCUT2D eigenvalue weighted by molar-refractivity contribution is -0.121. The Kier molecular flexibility index (Phi) is 21.1. The van der Waals surface area contributed by atoms with Crippen molar-refractivity contribution >= 4 is 68.9 Å². The van der Waals surface area contributed by atoms with Crippen molar-refractivity contribution in [2.24, 2.45) is 22.0 Å². The first-order chi connectivity index (χ1) is 49.1. The van der Waals surface area contributed by atoms with Gasteiger partial charge in [0.15, 0.2) is 17.3 Å². The van der Waals surface area contributed by atoms with Crippen molar-refractivity contribution in [2.45, 2.75) is 135 Å². The number of benzene rings is 6. The molecule has 20 heteroatoms. The lowest BCUT2D eigenvalue weighted by atomic mass is 9.90. The molecular weight excluding hydrogens is 1320 g/mol. The second-order valence-electron chi connectivity index (χ2n) is 26.5. The SMILES string of the molecule is C.CCNC(=O)C[C@@H]1N=C(c2ccc(C)cc2)c2cc(-c3cnn(C)c3)ccc2-c2c(C)noc21.Cc1ccc(NC(=O)C[C@@H]2N=C(c3ccc(C)cc3)c3c(sc(C)c3C)-c3c(C)noc32)cc1.Cc1ccc(NC(=O)C[C@@H]2N=C(c3ccc(C)cc3)c3c(sc(C)c3C)-n3c(C)nnc32)cc1. The van der Waals surface area contributed by atoms with Gasteiger partial charge in [0, 0.05) is 84.7 Å². The number of thiophene rings is 2. The highest BCUT2D eigenvalue weighted by Crippen LogP contribution is 2.48. The van der Waals surface area contributed by atoms with Crippen molar-refractivity contribution in [1.82, 2.24) is 40.2 Å². The zero-order chi connectivity index (χ0) is 71.8. The van der Waals surface area contributed by atoms with Gasteiger partial charge in [-0.2, -0.15) is 5.10 Å². The summed E-state index contributed by atoms with van der Waals surface area (Å²) in [4.78, 5) is 57.8.